The Morgan fingerprint density at radius 3 is 2.86 bits per heavy atom. The number of fused-ring (bicyclic) bond motifs is 2. The van der Waals surface area contributed by atoms with Crippen molar-refractivity contribution in [3.05, 3.63) is 53.7 Å². The van der Waals surface area contributed by atoms with Crippen molar-refractivity contribution in [2.45, 2.75) is 6.42 Å². The summed E-state index contributed by atoms with van der Waals surface area (Å²) in [4.78, 5) is 4.20. The SMILES string of the molecule is c1ccc2c(c1)Cc1cccnc1O2. The first-order valence-corrected chi connectivity index (χ1v) is 4.63. The maximum Gasteiger partial charge on any atom is 0.222 e. The molecule has 0 spiro atoms. The van der Waals surface area contributed by atoms with Gasteiger partial charge in [-0.2, -0.15) is 0 Å². The Labute approximate surface area is 82.2 Å². The van der Waals surface area contributed by atoms with E-state index >= 15 is 0 Å². The van der Waals surface area contributed by atoms with Crippen LogP contribution in [0.15, 0.2) is 42.6 Å². The van der Waals surface area contributed by atoms with Crippen LogP contribution >= 0.6 is 0 Å². The zero-order valence-corrected chi connectivity index (χ0v) is 7.60. The first-order chi connectivity index (χ1) is 6.93. The molecule has 2 heterocycles. The smallest absolute Gasteiger partial charge is 0.222 e. The van der Waals surface area contributed by atoms with Crippen LogP contribution in [0.25, 0.3) is 0 Å². The second-order valence-corrected chi connectivity index (χ2v) is 3.35. The van der Waals surface area contributed by atoms with Gasteiger partial charge in [0.1, 0.15) is 5.75 Å². The number of rotatable bonds is 0. The van der Waals surface area contributed by atoms with Crippen molar-refractivity contribution in [3.8, 4) is 11.6 Å². The highest BCUT2D eigenvalue weighted by atomic mass is 16.5. The van der Waals surface area contributed by atoms with E-state index in [0.717, 1.165) is 23.6 Å². The molecule has 0 bridgehead atoms. The number of nitrogens with zero attached hydrogens (tertiary/aromatic N) is 1. The van der Waals surface area contributed by atoms with E-state index in [0.29, 0.717) is 0 Å². The summed E-state index contributed by atoms with van der Waals surface area (Å²) in [5.41, 5.74) is 2.39. The van der Waals surface area contributed by atoms with Gasteiger partial charge in [0.25, 0.3) is 0 Å². The molecule has 1 aliphatic rings. The first-order valence-electron chi connectivity index (χ1n) is 4.63. The maximum absolute atomic E-state index is 5.67. The number of hydrogen-bond donors (Lipinski definition) is 0. The predicted molar refractivity (Wildman–Crippen MR) is 53.6 cm³/mol. The van der Waals surface area contributed by atoms with Gasteiger partial charge in [0.05, 0.1) is 0 Å². The summed E-state index contributed by atoms with van der Waals surface area (Å²) in [6.45, 7) is 0. The van der Waals surface area contributed by atoms with Gasteiger partial charge in [-0.25, -0.2) is 4.98 Å². The zero-order valence-electron chi connectivity index (χ0n) is 7.60. The Bertz CT molecular complexity index is 392. The van der Waals surface area contributed by atoms with E-state index in [9.17, 15) is 0 Å². The Morgan fingerprint density at radius 2 is 1.86 bits per heavy atom. The zero-order chi connectivity index (χ0) is 9.38. The van der Waals surface area contributed by atoms with Gasteiger partial charge in [0.2, 0.25) is 5.88 Å². The lowest BCUT2D eigenvalue weighted by Gasteiger charge is -2.18. The van der Waals surface area contributed by atoms with Crippen LogP contribution in [-0.4, -0.2) is 4.98 Å². The lowest BCUT2D eigenvalue weighted by molar-refractivity contribution is 0.440. The van der Waals surface area contributed by atoms with Gasteiger partial charge in [-0.3, -0.25) is 0 Å². The highest BCUT2D eigenvalue weighted by molar-refractivity contribution is 5.46. The lowest BCUT2D eigenvalue weighted by atomic mass is 10.0. The molecule has 3 rings (SSSR count). The van der Waals surface area contributed by atoms with Crippen LogP contribution in [0, 0.1) is 0 Å². The number of ether oxygens (including phenoxy) is 1. The fourth-order valence-corrected chi connectivity index (χ4v) is 1.71. The quantitative estimate of drug-likeness (QED) is 0.534. The summed E-state index contributed by atoms with van der Waals surface area (Å²) in [6.07, 6.45) is 2.67. The fraction of sp³-hybridized carbons (Fsp3) is 0.0833. The second-order valence-electron chi connectivity index (χ2n) is 3.35. The summed E-state index contributed by atoms with van der Waals surface area (Å²) >= 11 is 0. The third-order valence-corrected chi connectivity index (χ3v) is 2.41. The molecule has 2 aromatic rings. The highest BCUT2D eigenvalue weighted by Crippen LogP contribution is 2.33. The molecule has 0 aliphatic carbocycles. The average Bonchev–Trinajstić information content (AvgIpc) is 2.26. The van der Waals surface area contributed by atoms with Crippen LogP contribution < -0.4 is 4.74 Å². The Kier molecular flexibility index (Phi) is 1.53. The van der Waals surface area contributed by atoms with Crippen molar-refractivity contribution in [1.29, 1.82) is 0 Å². The normalized spacial score (nSPS) is 12.6. The molecule has 0 unspecified atom stereocenters. The van der Waals surface area contributed by atoms with E-state index in [1.165, 1.54) is 5.56 Å². The van der Waals surface area contributed by atoms with E-state index in [2.05, 4.69) is 17.1 Å². The molecule has 0 saturated carbocycles. The van der Waals surface area contributed by atoms with Crippen molar-refractivity contribution >= 4 is 0 Å². The van der Waals surface area contributed by atoms with Crippen LogP contribution in [0.1, 0.15) is 11.1 Å². The minimum Gasteiger partial charge on any atom is -0.438 e. The summed E-state index contributed by atoms with van der Waals surface area (Å²) in [7, 11) is 0. The molecule has 0 saturated heterocycles. The van der Waals surface area contributed by atoms with Crippen LogP contribution in [0.5, 0.6) is 11.6 Å². The van der Waals surface area contributed by atoms with Crippen molar-refractivity contribution in [2.24, 2.45) is 0 Å². The molecule has 0 amide bonds. The molecule has 68 valence electrons. The minimum absolute atomic E-state index is 0.742. The van der Waals surface area contributed by atoms with E-state index in [1.807, 2.05) is 24.3 Å². The Hall–Kier alpha value is -1.83. The van der Waals surface area contributed by atoms with Gasteiger partial charge in [-0.05, 0) is 17.7 Å². The standard InChI is InChI=1S/C12H9NO/c1-2-6-11-9(4-1)8-10-5-3-7-13-12(10)14-11/h1-7H,8H2. The van der Waals surface area contributed by atoms with E-state index < -0.39 is 0 Å². The Balaban J connectivity index is 2.12. The molecule has 1 aromatic heterocycles. The molecule has 1 aromatic carbocycles. The third-order valence-electron chi connectivity index (χ3n) is 2.41. The molecule has 0 atom stereocenters. The van der Waals surface area contributed by atoms with Gasteiger partial charge in [0.15, 0.2) is 0 Å². The summed E-state index contributed by atoms with van der Waals surface area (Å²) in [5.74, 6) is 1.67. The lowest BCUT2D eigenvalue weighted by Crippen LogP contribution is -2.03. The summed E-state index contributed by atoms with van der Waals surface area (Å²) < 4.78 is 5.67. The highest BCUT2D eigenvalue weighted by Gasteiger charge is 2.15. The molecule has 1 aliphatic heterocycles. The van der Waals surface area contributed by atoms with Crippen molar-refractivity contribution in [3.63, 3.8) is 0 Å². The van der Waals surface area contributed by atoms with Crippen LogP contribution in [0.3, 0.4) is 0 Å². The van der Waals surface area contributed by atoms with E-state index in [-0.39, 0.29) is 0 Å². The minimum atomic E-state index is 0.742. The van der Waals surface area contributed by atoms with Crippen LogP contribution in [-0.2, 0) is 6.42 Å². The number of para-hydroxylation sites is 1. The first kappa shape index (κ1) is 7.56. The summed E-state index contributed by atoms with van der Waals surface area (Å²) in [6, 6.07) is 12.1. The largest absolute Gasteiger partial charge is 0.438 e. The predicted octanol–water partition coefficient (Wildman–Crippen LogP) is 2.78. The van der Waals surface area contributed by atoms with E-state index in [4.69, 9.17) is 4.74 Å². The van der Waals surface area contributed by atoms with Gasteiger partial charge in [0, 0.05) is 18.2 Å². The molecule has 0 radical (unpaired) electrons. The number of aromatic nitrogens is 1. The fourth-order valence-electron chi connectivity index (χ4n) is 1.71. The van der Waals surface area contributed by atoms with Crippen molar-refractivity contribution < 1.29 is 4.74 Å². The third kappa shape index (κ3) is 1.08. The van der Waals surface area contributed by atoms with Gasteiger partial charge in [-0.1, -0.05) is 24.3 Å². The molecule has 0 fully saturated rings. The second kappa shape index (κ2) is 2.84. The maximum atomic E-state index is 5.67. The van der Waals surface area contributed by atoms with E-state index in [1.54, 1.807) is 6.20 Å². The van der Waals surface area contributed by atoms with Gasteiger partial charge >= 0.3 is 0 Å². The average molecular weight is 183 g/mol. The molecule has 2 heteroatoms. The molecule has 2 nitrogen and oxygen atoms in total. The van der Waals surface area contributed by atoms with Crippen LogP contribution in [0.4, 0.5) is 0 Å². The molecule has 0 N–H and O–H groups in total. The van der Waals surface area contributed by atoms with Crippen LogP contribution in [0.2, 0.25) is 0 Å². The molecular weight excluding hydrogens is 174 g/mol. The number of hydrogen-bond acceptors (Lipinski definition) is 2. The molecular formula is C12H9NO. The van der Waals surface area contributed by atoms with Gasteiger partial charge in [-0.15, -0.1) is 0 Å². The number of pyridine rings is 1. The number of benzene rings is 1. The van der Waals surface area contributed by atoms with Crippen molar-refractivity contribution in [1.82, 2.24) is 4.98 Å². The van der Waals surface area contributed by atoms with Gasteiger partial charge < -0.3 is 4.74 Å². The Morgan fingerprint density at radius 1 is 1.00 bits per heavy atom. The topological polar surface area (TPSA) is 22.1 Å². The monoisotopic (exact) mass is 183 g/mol. The summed E-state index contributed by atoms with van der Waals surface area (Å²) in [5, 5.41) is 0. The molecule has 14 heavy (non-hydrogen) atoms. The van der Waals surface area contributed by atoms with Crippen molar-refractivity contribution in [2.75, 3.05) is 0 Å².